The van der Waals surface area contributed by atoms with Gasteiger partial charge in [-0.3, -0.25) is 4.79 Å². The first kappa shape index (κ1) is 14.4. The Bertz CT molecular complexity index is 590. The third-order valence-corrected chi connectivity index (χ3v) is 3.00. The highest BCUT2D eigenvalue weighted by Crippen LogP contribution is 2.21. The average molecular weight is 276 g/mol. The summed E-state index contributed by atoms with van der Waals surface area (Å²) in [6.07, 6.45) is 0.132. The number of fused-ring (bicyclic) bond motifs is 1. The van der Waals surface area contributed by atoms with E-state index in [0.717, 1.165) is 16.7 Å². The molecule has 5 nitrogen and oxygen atoms in total. The SMILES string of the molecule is CCOc1ccc2cc(C(=O)NCCC(C)O)[nH]c2c1. The summed E-state index contributed by atoms with van der Waals surface area (Å²) in [5.74, 6) is 0.614. The molecule has 0 aliphatic rings. The van der Waals surface area contributed by atoms with Crippen molar-refractivity contribution in [2.45, 2.75) is 26.4 Å². The van der Waals surface area contributed by atoms with Gasteiger partial charge < -0.3 is 20.1 Å². The summed E-state index contributed by atoms with van der Waals surface area (Å²) in [4.78, 5) is 15.0. The molecule has 1 heterocycles. The third-order valence-electron chi connectivity index (χ3n) is 3.00. The van der Waals surface area contributed by atoms with Crippen molar-refractivity contribution < 1.29 is 14.6 Å². The lowest BCUT2D eigenvalue weighted by Crippen LogP contribution is -2.26. The minimum absolute atomic E-state index is 0.167. The quantitative estimate of drug-likeness (QED) is 0.756. The van der Waals surface area contributed by atoms with Crippen LogP contribution in [-0.2, 0) is 0 Å². The molecule has 0 fully saturated rings. The minimum Gasteiger partial charge on any atom is -0.494 e. The molecule has 0 bridgehead atoms. The van der Waals surface area contributed by atoms with Gasteiger partial charge in [0.25, 0.3) is 5.91 Å². The van der Waals surface area contributed by atoms with Crippen LogP contribution in [0.3, 0.4) is 0 Å². The van der Waals surface area contributed by atoms with Crippen LogP contribution >= 0.6 is 0 Å². The fraction of sp³-hybridized carbons (Fsp3) is 0.400. The van der Waals surface area contributed by atoms with Crippen LogP contribution in [0.4, 0.5) is 0 Å². The predicted molar refractivity (Wildman–Crippen MR) is 78.1 cm³/mol. The Labute approximate surface area is 117 Å². The number of hydrogen-bond acceptors (Lipinski definition) is 3. The molecule has 1 amide bonds. The minimum atomic E-state index is -0.410. The summed E-state index contributed by atoms with van der Waals surface area (Å²) in [6, 6.07) is 7.49. The van der Waals surface area contributed by atoms with Crippen LogP contribution < -0.4 is 10.1 Å². The Morgan fingerprint density at radius 1 is 1.45 bits per heavy atom. The van der Waals surface area contributed by atoms with Crippen molar-refractivity contribution in [1.82, 2.24) is 10.3 Å². The molecule has 1 aromatic carbocycles. The van der Waals surface area contributed by atoms with E-state index in [1.54, 1.807) is 6.92 Å². The van der Waals surface area contributed by atoms with E-state index in [0.29, 0.717) is 25.3 Å². The number of amides is 1. The number of nitrogens with one attached hydrogen (secondary N) is 2. The van der Waals surface area contributed by atoms with Gasteiger partial charge in [-0.2, -0.15) is 0 Å². The first-order valence-corrected chi connectivity index (χ1v) is 6.82. The largest absolute Gasteiger partial charge is 0.494 e. The number of rotatable bonds is 6. The highest BCUT2D eigenvalue weighted by atomic mass is 16.5. The van der Waals surface area contributed by atoms with E-state index >= 15 is 0 Å². The summed E-state index contributed by atoms with van der Waals surface area (Å²) in [5.41, 5.74) is 1.39. The van der Waals surface area contributed by atoms with Crippen molar-refractivity contribution in [3.05, 3.63) is 30.0 Å². The lowest BCUT2D eigenvalue weighted by molar-refractivity contribution is 0.0941. The Balaban J connectivity index is 2.08. The molecule has 0 spiro atoms. The molecule has 2 aromatic rings. The molecule has 0 aliphatic carbocycles. The topological polar surface area (TPSA) is 74.3 Å². The first-order valence-electron chi connectivity index (χ1n) is 6.82. The normalized spacial score (nSPS) is 12.3. The van der Waals surface area contributed by atoms with E-state index in [9.17, 15) is 4.79 Å². The van der Waals surface area contributed by atoms with Crippen LogP contribution in [0.2, 0.25) is 0 Å². The van der Waals surface area contributed by atoms with Crippen LogP contribution in [-0.4, -0.2) is 35.3 Å². The smallest absolute Gasteiger partial charge is 0.267 e. The summed E-state index contributed by atoms with van der Waals surface area (Å²) in [7, 11) is 0. The van der Waals surface area contributed by atoms with Gasteiger partial charge in [-0.05, 0) is 38.5 Å². The number of ether oxygens (including phenoxy) is 1. The molecule has 0 saturated carbocycles. The summed E-state index contributed by atoms with van der Waals surface area (Å²) in [6.45, 7) is 4.69. The zero-order valence-electron chi connectivity index (χ0n) is 11.8. The summed E-state index contributed by atoms with van der Waals surface area (Å²) in [5, 5.41) is 12.9. The fourth-order valence-electron chi connectivity index (χ4n) is 1.97. The molecular weight excluding hydrogens is 256 g/mol. The molecular formula is C15H20N2O3. The number of hydrogen-bond donors (Lipinski definition) is 3. The lowest BCUT2D eigenvalue weighted by Gasteiger charge is -2.05. The van der Waals surface area contributed by atoms with Gasteiger partial charge in [0.2, 0.25) is 0 Å². The second kappa shape index (κ2) is 6.43. The molecule has 20 heavy (non-hydrogen) atoms. The maximum Gasteiger partial charge on any atom is 0.267 e. The van der Waals surface area contributed by atoms with E-state index < -0.39 is 6.10 Å². The van der Waals surface area contributed by atoms with Crippen molar-refractivity contribution in [3.8, 4) is 5.75 Å². The highest BCUT2D eigenvalue weighted by Gasteiger charge is 2.10. The second-order valence-corrected chi connectivity index (χ2v) is 4.76. The summed E-state index contributed by atoms with van der Waals surface area (Å²) < 4.78 is 5.43. The van der Waals surface area contributed by atoms with Crippen molar-refractivity contribution in [3.63, 3.8) is 0 Å². The van der Waals surface area contributed by atoms with Crippen LogP contribution in [0.25, 0.3) is 10.9 Å². The molecule has 1 aromatic heterocycles. The van der Waals surface area contributed by atoms with E-state index in [1.165, 1.54) is 0 Å². The number of carbonyl (C=O) groups is 1. The van der Waals surface area contributed by atoms with Crippen molar-refractivity contribution >= 4 is 16.8 Å². The van der Waals surface area contributed by atoms with Gasteiger partial charge in [0.15, 0.2) is 0 Å². The zero-order chi connectivity index (χ0) is 14.5. The molecule has 1 atom stereocenters. The monoisotopic (exact) mass is 276 g/mol. The number of carbonyl (C=O) groups excluding carboxylic acids is 1. The standard InChI is InChI=1S/C15H20N2O3/c1-3-20-12-5-4-11-8-14(17-13(11)9-12)15(19)16-7-6-10(2)18/h4-5,8-10,17-18H,3,6-7H2,1-2H3,(H,16,19). The molecule has 0 saturated heterocycles. The zero-order valence-corrected chi connectivity index (χ0v) is 11.8. The van der Waals surface area contributed by atoms with E-state index in [1.807, 2.05) is 31.2 Å². The van der Waals surface area contributed by atoms with Crippen LogP contribution in [0.15, 0.2) is 24.3 Å². The Morgan fingerprint density at radius 2 is 2.25 bits per heavy atom. The summed E-state index contributed by atoms with van der Waals surface area (Å²) >= 11 is 0. The highest BCUT2D eigenvalue weighted by molar-refractivity contribution is 5.98. The van der Waals surface area contributed by atoms with Gasteiger partial charge >= 0.3 is 0 Å². The van der Waals surface area contributed by atoms with Crippen molar-refractivity contribution in [2.24, 2.45) is 0 Å². The van der Waals surface area contributed by atoms with Gasteiger partial charge in [0.1, 0.15) is 11.4 Å². The first-order chi connectivity index (χ1) is 9.60. The molecule has 0 aliphatic heterocycles. The molecule has 1 unspecified atom stereocenters. The molecule has 108 valence electrons. The number of aromatic amines is 1. The van der Waals surface area contributed by atoms with Crippen molar-refractivity contribution in [2.75, 3.05) is 13.2 Å². The number of benzene rings is 1. The van der Waals surface area contributed by atoms with Gasteiger partial charge in [-0.1, -0.05) is 0 Å². The number of aliphatic hydroxyl groups excluding tert-OH is 1. The van der Waals surface area contributed by atoms with Crippen LogP contribution in [0.1, 0.15) is 30.8 Å². The van der Waals surface area contributed by atoms with Gasteiger partial charge in [-0.15, -0.1) is 0 Å². The van der Waals surface area contributed by atoms with Crippen molar-refractivity contribution in [1.29, 1.82) is 0 Å². The molecule has 5 heteroatoms. The predicted octanol–water partition coefficient (Wildman–Crippen LogP) is 2.07. The van der Waals surface area contributed by atoms with E-state index in [2.05, 4.69) is 10.3 Å². The Morgan fingerprint density at radius 3 is 2.95 bits per heavy atom. The van der Waals surface area contributed by atoms with E-state index in [4.69, 9.17) is 9.84 Å². The van der Waals surface area contributed by atoms with Crippen LogP contribution in [0, 0.1) is 0 Å². The maximum atomic E-state index is 12.0. The number of aromatic nitrogens is 1. The van der Waals surface area contributed by atoms with Gasteiger partial charge in [0, 0.05) is 23.5 Å². The van der Waals surface area contributed by atoms with Crippen LogP contribution in [0.5, 0.6) is 5.75 Å². The van der Waals surface area contributed by atoms with Gasteiger partial charge in [0.05, 0.1) is 12.7 Å². The molecule has 3 N–H and O–H groups in total. The molecule has 2 rings (SSSR count). The Hall–Kier alpha value is -2.01. The number of H-pyrrole nitrogens is 1. The molecule has 0 radical (unpaired) electrons. The average Bonchev–Trinajstić information content (AvgIpc) is 2.81. The third kappa shape index (κ3) is 3.51. The van der Waals surface area contributed by atoms with Gasteiger partial charge in [-0.25, -0.2) is 0 Å². The second-order valence-electron chi connectivity index (χ2n) is 4.76. The fourth-order valence-corrected chi connectivity index (χ4v) is 1.97. The number of aliphatic hydroxyl groups is 1. The lowest BCUT2D eigenvalue weighted by atomic mass is 10.2. The van der Waals surface area contributed by atoms with E-state index in [-0.39, 0.29) is 5.91 Å². The Kier molecular flexibility index (Phi) is 4.63. The maximum absolute atomic E-state index is 12.0.